The molecule has 0 fully saturated rings. The maximum Gasteiger partial charge on any atom is 0.234 e. The number of primary amides is 1. The Balaban J connectivity index is 3.11. The second-order valence-electron chi connectivity index (χ2n) is 8.44. The van der Waals surface area contributed by atoms with Gasteiger partial charge in [-0.15, -0.1) is 5.10 Å². The molecule has 28 heavy (non-hydrogen) atoms. The van der Waals surface area contributed by atoms with E-state index in [4.69, 9.17) is 5.73 Å². The molecular formula is C19H34N6O3. The van der Waals surface area contributed by atoms with E-state index in [1.54, 1.807) is 24.7 Å². The van der Waals surface area contributed by atoms with E-state index in [-0.39, 0.29) is 30.1 Å². The van der Waals surface area contributed by atoms with Crippen LogP contribution in [-0.2, 0) is 26.3 Å². The SMILES string of the molecule is CC(=O)NC(Cc1cnnn1C(C)(C)CC(NC(C)C)C(N)=O)C(=O)C(C)C. The van der Waals surface area contributed by atoms with Crippen molar-refractivity contribution in [3.05, 3.63) is 11.9 Å². The minimum absolute atomic E-state index is 0.0581. The molecule has 1 rings (SSSR count). The summed E-state index contributed by atoms with van der Waals surface area (Å²) in [4.78, 5) is 35.9. The van der Waals surface area contributed by atoms with Crippen LogP contribution in [0.5, 0.6) is 0 Å². The Hall–Kier alpha value is -2.29. The van der Waals surface area contributed by atoms with E-state index in [1.807, 2.05) is 27.7 Å². The molecule has 1 aromatic rings. The van der Waals surface area contributed by atoms with Crippen LogP contribution in [0.1, 0.15) is 60.6 Å². The molecule has 0 aliphatic heterocycles. The summed E-state index contributed by atoms with van der Waals surface area (Å²) in [5, 5.41) is 14.1. The van der Waals surface area contributed by atoms with Crippen molar-refractivity contribution >= 4 is 17.6 Å². The third-order valence-electron chi connectivity index (χ3n) is 4.48. The minimum Gasteiger partial charge on any atom is -0.368 e. The normalized spacial score (nSPS) is 14.2. The van der Waals surface area contributed by atoms with Gasteiger partial charge in [0.1, 0.15) is 0 Å². The highest BCUT2D eigenvalue weighted by atomic mass is 16.2. The van der Waals surface area contributed by atoms with Crippen molar-refractivity contribution in [1.29, 1.82) is 0 Å². The van der Waals surface area contributed by atoms with Crippen LogP contribution in [0.4, 0.5) is 0 Å². The molecule has 9 nitrogen and oxygen atoms in total. The number of hydrogen-bond acceptors (Lipinski definition) is 6. The molecule has 0 radical (unpaired) electrons. The minimum atomic E-state index is -0.661. The van der Waals surface area contributed by atoms with Crippen LogP contribution in [0.3, 0.4) is 0 Å². The molecule has 0 saturated heterocycles. The van der Waals surface area contributed by atoms with Gasteiger partial charge in [0.05, 0.1) is 29.5 Å². The zero-order chi connectivity index (χ0) is 21.6. The third kappa shape index (κ3) is 6.70. The number of nitrogens with two attached hydrogens (primary N) is 1. The second-order valence-corrected chi connectivity index (χ2v) is 8.44. The first-order valence-electron chi connectivity index (χ1n) is 9.61. The number of hydrogen-bond donors (Lipinski definition) is 3. The fraction of sp³-hybridized carbons (Fsp3) is 0.737. The van der Waals surface area contributed by atoms with E-state index in [9.17, 15) is 14.4 Å². The summed E-state index contributed by atoms with van der Waals surface area (Å²) in [5.74, 6) is -0.984. The molecule has 1 aromatic heterocycles. The molecule has 1 heterocycles. The summed E-state index contributed by atoms with van der Waals surface area (Å²) in [6.45, 7) is 12.7. The number of aromatic nitrogens is 3. The Morgan fingerprint density at radius 3 is 2.25 bits per heavy atom. The summed E-state index contributed by atoms with van der Waals surface area (Å²) in [5.41, 5.74) is 5.66. The Labute approximate surface area is 166 Å². The van der Waals surface area contributed by atoms with E-state index in [0.29, 0.717) is 12.1 Å². The van der Waals surface area contributed by atoms with Crippen LogP contribution in [0.25, 0.3) is 0 Å². The molecule has 0 aliphatic rings. The number of rotatable bonds is 11. The first-order valence-corrected chi connectivity index (χ1v) is 9.61. The third-order valence-corrected chi connectivity index (χ3v) is 4.48. The quantitative estimate of drug-likeness (QED) is 0.501. The predicted molar refractivity (Wildman–Crippen MR) is 106 cm³/mol. The van der Waals surface area contributed by atoms with Gasteiger partial charge in [-0.3, -0.25) is 14.4 Å². The Kier molecular flexibility index (Phi) is 8.29. The molecule has 158 valence electrons. The predicted octanol–water partition coefficient (Wildman–Crippen LogP) is 0.528. The number of nitrogens with zero attached hydrogens (tertiary/aromatic N) is 3. The number of carbonyl (C=O) groups excluding carboxylic acids is 3. The molecule has 2 unspecified atom stereocenters. The van der Waals surface area contributed by atoms with Crippen LogP contribution >= 0.6 is 0 Å². The number of amides is 2. The Morgan fingerprint density at radius 2 is 1.79 bits per heavy atom. The topological polar surface area (TPSA) is 132 Å². The Bertz CT molecular complexity index is 696. The molecule has 2 atom stereocenters. The van der Waals surface area contributed by atoms with Crippen molar-refractivity contribution < 1.29 is 14.4 Å². The maximum atomic E-state index is 12.5. The summed E-state index contributed by atoms with van der Waals surface area (Å²) in [6.07, 6.45) is 2.25. The molecule has 2 amide bonds. The second kappa shape index (κ2) is 9.77. The summed E-state index contributed by atoms with van der Waals surface area (Å²) >= 11 is 0. The molecular weight excluding hydrogens is 360 g/mol. The van der Waals surface area contributed by atoms with Crippen molar-refractivity contribution in [3.8, 4) is 0 Å². The van der Waals surface area contributed by atoms with E-state index in [1.165, 1.54) is 6.92 Å². The molecule has 0 saturated carbocycles. The van der Waals surface area contributed by atoms with Gasteiger partial charge in [-0.05, 0) is 20.3 Å². The Morgan fingerprint density at radius 1 is 1.18 bits per heavy atom. The number of ketones is 1. The molecule has 4 N–H and O–H groups in total. The van der Waals surface area contributed by atoms with Crippen molar-refractivity contribution in [2.24, 2.45) is 11.7 Å². The van der Waals surface area contributed by atoms with Gasteiger partial charge in [0.15, 0.2) is 5.78 Å². The van der Waals surface area contributed by atoms with E-state index in [0.717, 1.165) is 0 Å². The summed E-state index contributed by atoms with van der Waals surface area (Å²) in [7, 11) is 0. The van der Waals surface area contributed by atoms with Crippen LogP contribution < -0.4 is 16.4 Å². The maximum absolute atomic E-state index is 12.5. The van der Waals surface area contributed by atoms with Crippen molar-refractivity contribution in [3.63, 3.8) is 0 Å². The lowest BCUT2D eigenvalue weighted by Crippen LogP contribution is -2.49. The molecule has 0 spiro atoms. The van der Waals surface area contributed by atoms with Gasteiger partial charge >= 0.3 is 0 Å². The lowest BCUT2D eigenvalue weighted by atomic mass is 9.93. The fourth-order valence-corrected chi connectivity index (χ4v) is 3.21. The highest BCUT2D eigenvalue weighted by molar-refractivity contribution is 5.89. The van der Waals surface area contributed by atoms with Crippen molar-refractivity contribution in [2.45, 2.75) is 85.0 Å². The average molecular weight is 395 g/mol. The number of Topliss-reactive ketones (excluding diaryl/α,β-unsaturated/α-hetero) is 1. The monoisotopic (exact) mass is 394 g/mol. The van der Waals surface area contributed by atoms with Gasteiger partial charge in [0.2, 0.25) is 11.8 Å². The van der Waals surface area contributed by atoms with Gasteiger partial charge < -0.3 is 16.4 Å². The van der Waals surface area contributed by atoms with Crippen LogP contribution in [-0.4, -0.2) is 50.7 Å². The molecule has 0 aromatic carbocycles. The fourth-order valence-electron chi connectivity index (χ4n) is 3.21. The van der Waals surface area contributed by atoms with Crippen molar-refractivity contribution in [1.82, 2.24) is 25.6 Å². The van der Waals surface area contributed by atoms with Gasteiger partial charge in [0, 0.05) is 25.3 Å². The molecule has 0 aliphatic carbocycles. The van der Waals surface area contributed by atoms with Gasteiger partial charge in [0.25, 0.3) is 0 Å². The summed E-state index contributed by atoms with van der Waals surface area (Å²) < 4.78 is 1.70. The van der Waals surface area contributed by atoms with Crippen molar-refractivity contribution in [2.75, 3.05) is 0 Å². The van der Waals surface area contributed by atoms with Gasteiger partial charge in [-0.2, -0.15) is 0 Å². The van der Waals surface area contributed by atoms with Gasteiger partial charge in [-0.25, -0.2) is 4.68 Å². The van der Waals surface area contributed by atoms with Crippen LogP contribution in [0, 0.1) is 5.92 Å². The highest BCUT2D eigenvalue weighted by Gasteiger charge is 2.32. The van der Waals surface area contributed by atoms with Crippen LogP contribution in [0.2, 0.25) is 0 Å². The first-order chi connectivity index (χ1) is 12.8. The average Bonchev–Trinajstić information content (AvgIpc) is 3.00. The zero-order valence-electron chi connectivity index (χ0n) is 17.9. The van der Waals surface area contributed by atoms with Crippen LogP contribution in [0.15, 0.2) is 6.20 Å². The summed E-state index contributed by atoms with van der Waals surface area (Å²) in [6, 6.07) is -1.10. The smallest absolute Gasteiger partial charge is 0.234 e. The number of nitrogens with one attached hydrogen (secondary N) is 2. The lowest BCUT2D eigenvalue weighted by molar-refractivity contribution is -0.128. The van der Waals surface area contributed by atoms with E-state index in [2.05, 4.69) is 20.9 Å². The largest absolute Gasteiger partial charge is 0.368 e. The van der Waals surface area contributed by atoms with E-state index >= 15 is 0 Å². The first kappa shape index (κ1) is 23.7. The standard InChI is InChI=1S/C19H34N6O3/c1-11(2)17(27)15(23-13(5)26)8-14-10-21-24-25(14)19(6,7)9-16(18(20)28)22-12(3)4/h10-12,15-16,22H,8-9H2,1-7H3,(H2,20,28)(H,23,26). The lowest BCUT2D eigenvalue weighted by Gasteiger charge is -2.31. The molecule has 0 bridgehead atoms. The highest BCUT2D eigenvalue weighted by Crippen LogP contribution is 2.24. The van der Waals surface area contributed by atoms with Gasteiger partial charge in [-0.1, -0.05) is 32.9 Å². The van der Waals surface area contributed by atoms with E-state index < -0.39 is 23.5 Å². The number of carbonyl (C=O) groups is 3. The zero-order valence-corrected chi connectivity index (χ0v) is 17.9. The molecule has 9 heteroatoms.